The highest BCUT2D eigenvalue weighted by Crippen LogP contribution is 2.47. The van der Waals surface area contributed by atoms with E-state index in [0.717, 1.165) is 12.8 Å². The predicted octanol–water partition coefficient (Wildman–Crippen LogP) is 2.47. The normalized spacial score (nSPS) is 34.6. The van der Waals surface area contributed by atoms with Crippen LogP contribution in [0.4, 0.5) is 0 Å². The Kier molecular flexibility index (Phi) is 1.74. The quantitative estimate of drug-likeness (QED) is 0.714. The number of aliphatic hydroxyl groups is 1. The third-order valence-corrected chi connectivity index (χ3v) is 3.49. The lowest BCUT2D eigenvalue weighted by Gasteiger charge is -2.19. The van der Waals surface area contributed by atoms with E-state index in [2.05, 4.69) is 30.3 Å². The molecule has 0 aromatic heterocycles. The highest BCUT2D eigenvalue weighted by atomic mass is 16.3. The summed E-state index contributed by atoms with van der Waals surface area (Å²) in [7, 11) is 0. The van der Waals surface area contributed by atoms with Crippen LogP contribution < -0.4 is 0 Å². The first-order valence-electron chi connectivity index (χ1n) is 5.30. The second-order valence-electron chi connectivity index (χ2n) is 4.39. The molecule has 1 aromatic carbocycles. The minimum atomic E-state index is -0.0970. The van der Waals surface area contributed by atoms with Crippen molar-refractivity contribution < 1.29 is 5.11 Å². The number of rotatable bonds is 1. The number of fused-ring (bicyclic) bond motifs is 2. The minimum absolute atomic E-state index is 0.0970. The van der Waals surface area contributed by atoms with Gasteiger partial charge in [0.05, 0.1) is 6.10 Å². The van der Waals surface area contributed by atoms with Crippen LogP contribution >= 0.6 is 0 Å². The number of aliphatic hydroxyl groups excluding tert-OH is 1. The maximum absolute atomic E-state index is 9.81. The molecule has 0 saturated heterocycles. The average Bonchev–Trinajstić information content (AvgIpc) is 2.77. The van der Waals surface area contributed by atoms with Gasteiger partial charge in [-0.3, -0.25) is 0 Å². The average molecular weight is 186 g/mol. The summed E-state index contributed by atoms with van der Waals surface area (Å²) < 4.78 is 0. The van der Waals surface area contributed by atoms with Crippen LogP contribution in [0, 0.1) is 11.8 Å². The zero-order valence-electron chi connectivity index (χ0n) is 8.06. The Morgan fingerprint density at radius 2 is 1.86 bits per heavy atom. The Morgan fingerprint density at radius 3 is 2.50 bits per heavy atom. The van der Waals surface area contributed by atoms with Crippen LogP contribution in [0.1, 0.15) is 18.4 Å². The maximum Gasteiger partial charge on any atom is 0.0614 e. The van der Waals surface area contributed by atoms with Crippen molar-refractivity contribution >= 4 is 5.57 Å². The second-order valence-corrected chi connectivity index (χ2v) is 4.39. The maximum atomic E-state index is 9.81. The Hall–Kier alpha value is -1.08. The monoisotopic (exact) mass is 186 g/mol. The highest BCUT2D eigenvalue weighted by Gasteiger charge is 2.39. The highest BCUT2D eigenvalue weighted by molar-refractivity contribution is 5.71. The molecule has 0 amide bonds. The molecule has 0 radical (unpaired) electrons. The molecule has 0 heterocycles. The van der Waals surface area contributed by atoms with Gasteiger partial charge in [-0.05, 0) is 29.9 Å². The molecule has 3 rings (SSSR count). The molecule has 3 atom stereocenters. The van der Waals surface area contributed by atoms with Crippen molar-refractivity contribution in [2.45, 2.75) is 18.9 Å². The summed E-state index contributed by atoms with van der Waals surface area (Å²) in [4.78, 5) is 0. The van der Waals surface area contributed by atoms with Crippen LogP contribution in [-0.2, 0) is 0 Å². The lowest BCUT2D eigenvalue weighted by Crippen LogP contribution is -2.15. The fourth-order valence-electron chi connectivity index (χ4n) is 2.84. The van der Waals surface area contributed by atoms with Gasteiger partial charge in [-0.15, -0.1) is 0 Å². The molecule has 2 aliphatic carbocycles. The Labute approximate surface area is 84.1 Å². The van der Waals surface area contributed by atoms with E-state index < -0.39 is 0 Å². The van der Waals surface area contributed by atoms with E-state index in [-0.39, 0.29) is 6.10 Å². The first kappa shape index (κ1) is 8.25. The zero-order chi connectivity index (χ0) is 9.54. The number of hydrogen-bond acceptors (Lipinski definition) is 1. The lowest BCUT2D eigenvalue weighted by molar-refractivity contribution is 0.152. The van der Waals surface area contributed by atoms with E-state index in [9.17, 15) is 5.11 Å². The van der Waals surface area contributed by atoms with Crippen LogP contribution in [0.25, 0.3) is 5.57 Å². The Morgan fingerprint density at radius 1 is 1.07 bits per heavy atom. The van der Waals surface area contributed by atoms with E-state index in [1.54, 1.807) is 0 Å². The van der Waals surface area contributed by atoms with Gasteiger partial charge in [0.15, 0.2) is 0 Å². The van der Waals surface area contributed by atoms with Crippen LogP contribution in [0.15, 0.2) is 36.4 Å². The van der Waals surface area contributed by atoms with Crippen LogP contribution in [0.5, 0.6) is 0 Å². The molecule has 1 fully saturated rings. The Balaban J connectivity index is 1.98. The summed E-state index contributed by atoms with van der Waals surface area (Å²) in [6.45, 7) is 0. The van der Waals surface area contributed by atoms with Crippen molar-refractivity contribution in [3.63, 3.8) is 0 Å². The van der Waals surface area contributed by atoms with E-state index in [1.807, 2.05) is 6.07 Å². The lowest BCUT2D eigenvalue weighted by atomic mass is 9.90. The topological polar surface area (TPSA) is 20.2 Å². The van der Waals surface area contributed by atoms with Crippen LogP contribution in [0.3, 0.4) is 0 Å². The van der Waals surface area contributed by atoms with Gasteiger partial charge in [-0.2, -0.15) is 0 Å². The van der Waals surface area contributed by atoms with Crippen molar-refractivity contribution in [3.05, 3.63) is 42.0 Å². The van der Waals surface area contributed by atoms with Crippen LogP contribution in [-0.4, -0.2) is 11.2 Å². The van der Waals surface area contributed by atoms with Gasteiger partial charge in [-0.1, -0.05) is 36.4 Å². The first-order chi connectivity index (χ1) is 6.84. The summed E-state index contributed by atoms with van der Waals surface area (Å²) in [5.74, 6) is 1.03. The van der Waals surface area contributed by atoms with E-state index in [4.69, 9.17) is 0 Å². The summed E-state index contributed by atoms with van der Waals surface area (Å²) >= 11 is 0. The van der Waals surface area contributed by atoms with E-state index in [1.165, 1.54) is 11.1 Å². The second kappa shape index (κ2) is 2.96. The summed E-state index contributed by atoms with van der Waals surface area (Å²) in [5.41, 5.74) is 2.66. The molecule has 0 spiro atoms. The molecular formula is C13H14O. The molecule has 1 N–H and O–H groups in total. The van der Waals surface area contributed by atoms with E-state index in [0.29, 0.717) is 11.8 Å². The number of hydrogen-bond donors (Lipinski definition) is 1. The smallest absolute Gasteiger partial charge is 0.0614 e. The molecule has 1 heteroatoms. The number of benzene rings is 1. The van der Waals surface area contributed by atoms with Gasteiger partial charge in [0.1, 0.15) is 0 Å². The summed E-state index contributed by atoms with van der Waals surface area (Å²) in [5, 5.41) is 9.81. The van der Waals surface area contributed by atoms with Gasteiger partial charge in [-0.25, -0.2) is 0 Å². The largest absolute Gasteiger partial charge is 0.392 e. The van der Waals surface area contributed by atoms with Crippen molar-refractivity contribution in [1.29, 1.82) is 0 Å². The number of allylic oxidation sites excluding steroid dienone is 1. The van der Waals surface area contributed by atoms with Crippen molar-refractivity contribution in [2.75, 3.05) is 0 Å². The molecule has 1 nitrogen and oxygen atoms in total. The van der Waals surface area contributed by atoms with Crippen LogP contribution in [0.2, 0.25) is 0 Å². The fourth-order valence-corrected chi connectivity index (χ4v) is 2.84. The van der Waals surface area contributed by atoms with Crippen molar-refractivity contribution in [2.24, 2.45) is 11.8 Å². The summed E-state index contributed by atoms with van der Waals surface area (Å²) in [6.07, 6.45) is 4.39. The van der Waals surface area contributed by atoms with Gasteiger partial charge in [0, 0.05) is 5.92 Å². The summed E-state index contributed by atoms with van der Waals surface area (Å²) in [6, 6.07) is 10.4. The molecule has 1 aromatic rings. The van der Waals surface area contributed by atoms with Gasteiger partial charge in [0.2, 0.25) is 0 Å². The minimum Gasteiger partial charge on any atom is -0.392 e. The standard InChI is InChI=1S/C13H14O/c14-13-8-9-6-11(12(13)7-9)10-4-2-1-3-5-10/h1-6,9,12-14H,7-8H2/t9-,12+,13+/m0/s1. The molecule has 0 aliphatic heterocycles. The molecule has 2 aliphatic rings. The molecule has 0 unspecified atom stereocenters. The van der Waals surface area contributed by atoms with Crippen molar-refractivity contribution in [1.82, 2.24) is 0 Å². The predicted molar refractivity (Wildman–Crippen MR) is 56.6 cm³/mol. The fraction of sp³-hybridized carbons (Fsp3) is 0.385. The molecular weight excluding hydrogens is 172 g/mol. The van der Waals surface area contributed by atoms with Crippen molar-refractivity contribution in [3.8, 4) is 0 Å². The van der Waals surface area contributed by atoms with E-state index >= 15 is 0 Å². The Bertz CT molecular complexity index is 366. The van der Waals surface area contributed by atoms with Gasteiger partial charge >= 0.3 is 0 Å². The zero-order valence-corrected chi connectivity index (χ0v) is 8.06. The first-order valence-corrected chi connectivity index (χ1v) is 5.30. The molecule has 2 bridgehead atoms. The van der Waals surface area contributed by atoms with Gasteiger partial charge < -0.3 is 5.11 Å². The molecule has 72 valence electrons. The third kappa shape index (κ3) is 1.12. The SMILES string of the molecule is O[C@@H]1C[C@H]2C=C(c3ccccc3)[C@H]1C2. The molecule has 1 saturated carbocycles. The molecule has 14 heavy (non-hydrogen) atoms. The third-order valence-electron chi connectivity index (χ3n) is 3.49. The van der Waals surface area contributed by atoms with Gasteiger partial charge in [0.25, 0.3) is 0 Å².